The van der Waals surface area contributed by atoms with Crippen molar-refractivity contribution < 1.29 is 0 Å². The van der Waals surface area contributed by atoms with Crippen LogP contribution in [0.4, 0.5) is 0 Å². The molecular weight excluding hydrogens is 138 g/mol. The lowest BCUT2D eigenvalue weighted by Gasteiger charge is -1.79. The van der Waals surface area contributed by atoms with Gasteiger partial charge in [-0.05, 0) is 0 Å². The Labute approximate surface area is 58.8 Å². The molecule has 0 saturated carbocycles. The third-order valence-electron chi connectivity index (χ3n) is 0.678. The SMILES string of the molecule is Cl.N#Cc1cnccn1. The molecule has 0 radical (unpaired) electrons. The summed E-state index contributed by atoms with van der Waals surface area (Å²) < 4.78 is 0. The Bertz CT molecular complexity index is 203. The minimum atomic E-state index is 0. The van der Waals surface area contributed by atoms with Crippen molar-refractivity contribution in [2.75, 3.05) is 0 Å². The summed E-state index contributed by atoms with van der Waals surface area (Å²) in [5.41, 5.74) is 0.354. The fraction of sp³-hybridized carbons (Fsp3) is 0. The molecule has 0 N–H and O–H groups in total. The third-order valence-corrected chi connectivity index (χ3v) is 0.678. The third kappa shape index (κ3) is 2.06. The first kappa shape index (κ1) is 7.86. The van der Waals surface area contributed by atoms with Crippen LogP contribution in [0.2, 0.25) is 0 Å². The highest BCUT2D eigenvalue weighted by Gasteiger charge is 1.82. The van der Waals surface area contributed by atoms with E-state index in [1.165, 1.54) is 18.6 Å². The van der Waals surface area contributed by atoms with E-state index in [1.807, 2.05) is 6.07 Å². The van der Waals surface area contributed by atoms with Gasteiger partial charge in [-0.1, -0.05) is 0 Å². The van der Waals surface area contributed by atoms with Gasteiger partial charge in [0.2, 0.25) is 0 Å². The van der Waals surface area contributed by atoms with Crippen LogP contribution in [0.1, 0.15) is 5.69 Å². The van der Waals surface area contributed by atoms with Gasteiger partial charge < -0.3 is 0 Å². The summed E-state index contributed by atoms with van der Waals surface area (Å²) in [7, 11) is 0. The highest BCUT2D eigenvalue weighted by Crippen LogP contribution is 1.82. The van der Waals surface area contributed by atoms with Gasteiger partial charge in [-0.25, -0.2) is 4.98 Å². The Morgan fingerprint density at radius 2 is 2.22 bits per heavy atom. The second-order valence-electron chi connectivity index (χ2n) is 1.20. The van der Waals surface area contributed by atoms with Crippen LogP contribution in [0.15, 0.2) is 18.6 Å². The average Bonchev–Trinajstić information content (AvgIpc) is 1.90. The molecule has 0 atom stereocenters. The van der Waals surface area contributed by atoms with Gasteiger partial charge in [-0.3, -0.25) is 4.98 Å². The van der Waals surface area contributed by atoms with Gasteiger partial charge in [0.05, 0.1) is 6.20 Å². The number of hydrogen-bond acceptors (Lipinski definition) is 3. The molecule has 9 heavy (non-hydrogen) atoms. The molecule has 0 unspecified atom stereocenters. The molecule has 0 bridgehead atoms. The molecule has 0 fully saturated rings. The fourth-order valence-corrected chi connectivity index (χ4v) is 0.357. The van der Waals surface area contributed by atoms with Crippen LogP contribution in [-0.4, -0.2) is 9.97 Å². The molecule has 0 aliphatic rings. The van der Waals surface area contributed by atoms with Crippen molar-refractivity contribution in [2.24, 2.45) is 0 Å². The van der Waals surface area contributed by atoms with Gasteiger partial charge in [0.1, 0.15) is 6.07 Å². The molecule has 0 aliphatic carbocycles. The maximum atomic E-state index is 8.19. The van der Waals surface area contributed by atoms with E-state index in [0.717, 1.165) is 0 Å². The molecule has 0 amide bonds. The average molecular weight is 142 g/mol. The first-order valence-corrected chi connectivity index (χ1v) is 2.09. The Kier molecular flexibility index (Phi) is 3.33. The highest BCUT2D eigenvalue weighted by atomic mass is 35.5. The van der Waals surface area contributed by atoms with E-state index in [0.29, 0.717) is 5.69 Å². The lowest BCUT2D eigenvalue weighted by atomic mass is 10.5. The van der Waals surface area contributed by atoms with Crippen LogP contribution >= 0.6 is 12.4 Å². The van der Waals surface area contributed by atoms with E-state index < -0.39 is 0 Å². The normalized spacial score (nSPS) is 7.00. The van der Waals surface area contributed by atoms with E-state index >= 15 is 0 Å². The van der Waals surface area contributed by atoms with E-state index in [1.54, 1.807) is 0 Å². The molecule has 0 saturated heterocycles. The maximum Gasteiger partial charge on any atom is 0.158 e. The Balaban J connectivity index is 0.000000640. The summed E-state index contributed by atoms with van der Waals surface area (Å²) in [6, 6.07) is 1.85. The number of halogens is 1. The molecule has 0 aliphatic heterocycles. The summed E-state index contributed by atoms with van der Waals surface area (Å²) >= 11 is 0. The number of rotatable bonds is 0. The van der Waals surface area contributed by atoms with Crippen LogP contribution < -0.4 is 0 Å². The van der Waals surface area contributed by atoms with E-state index in [4.69, 9.17) is 5.26 Å². The molecule has 0 spiro atoms. The summed E-state index contributed by atoms with van der Waals surface area (Å²) in [5.74, 6) is 0. The van der Waals surface area contributed by atoms with Crippen LogP contribution in [0.3, 0.4) is 0 Å². The lowest BCUT2D eigenvalue weighted by Crippen LogP contribution is -1.79. The first-order valence-electron chi connectivity index (χ1n) is 2.09. The van der Waals surface area contributed by atoms with Crippen LogP contribution in [0.25, 0.3) is 0 Å². The van der Waals surface area contributed by atoms with E-state index in [9.17, 15) is 0 Å². The van der Waals surface area contributed by atoms with Gasteiger partial charge >= 0.3 is 0 Å². The van der Waals surface area contributed by atoms with Gasteiger partial charge in [0.25, 0.3) is 0 Å². The summed E-state index contributed by atoms with van der Waals surface area (Å²) in [5, 5.41) is 8.19. The molecule has 1 aromatic rings. The number of aromatic nitrogens is 2. The molecule has 3 nitrogen and oxygen atoms in total. The second kappa shape index (κ2) is 3.81. The molecule has 1 aromatic heterocycles. The van der Waals surface area contributed by atoms with Gasteiger partial charge in [-0.2, -0.15) is 5.26 Å². The van der Waals surface area contributed by atoms with Crippen molar-refractivity contribution in [3.05, 3.63) is 24.3 Å². The zero-order valence-corrected chi connectivity index (χ0v) is 5.30. The predicted octanol–water partition coefficient (Wildman–Crippen LogP) is 0.770. The topological polar surface area (TPSA) is 49.6 Å². The second-order valence-corrected chi connectivity index (χ2v) is 1.20. The van der Waals surface area contributed by atoms with Crippen molar-refractivity contribution in [1.29, 1.82) is 5.26 Å². The zero-order chi connectivity index (χ0) is 5.82. The van der Waals surface area contributed by atoms with Crippen molar-refractivity contribution in [3.63, 3.8) is 0 Å². The fourth-order valence-electron chi connectivity index (χ4n) is 0.357. The quantitative estimate of drug-likeness (QED) is 0.536. The van der Waals surface area contributed by atoms with Crippen molar-refractivity contribution in [3.8, 4) is 6.07 Å². The van der Waals surface area contributed by atoms with E-state index in [-0.39, 0.29) is 12.4 Å². The zero-order valence-electron chi connectivity index (χ0n) is 4.48. The highest BCUT2D eigenvalue weighted by molar-refractivity contribution is 5.85. The van der Waals surface area contributed by atoms with Crippen molar-refractivity contribution in [1.82, 2.24) is 9.97 Å². The molecule has 4 heteroatoms. The monoisotopic (exact) mass is 141 g/mol. The number of hydrogen-bond donors (Lipinski definition) is 0. The molecule has 0 aromatic carbocycles. The number of nitriles is 1. The minimum absolute atomic E-state index is 0. The van der Waals surface area contributed by atoms with Crippen LogP contribution in [0.5, 0.6) is 0 Å². The predicted molar refractivity (Wildman–Crippen MR) is 34.0 cm³/mol. The van der Waals surface area contributed by atoms with Gasteiger partial charge in [0, 0.05) is 12.4 Å². The first-order chi connectivity index (χ1) is 3.93. The van der Waals surface area contributed by atoms with E-state index in [2.05, 4.69) is 9.97 Å². The minimum Gasteiger partial charge on any atom is -0.260 e. The van der Waals surface area contributed by atoms with Gasteiger partial charge in [0.15, 0.2) is 5.69 Å². The summed E-state index contributed by atoms with van der Waals surface area (Å²) in [4.78, 5) is 7.34. The van der Waals surface area contributed by atoms with Crippen LogP contribution in [0, 0.1) is 11.3 Å². The maximum absolute atomic E-state index is 8.19. The Morgan fingerprint density at radius 1 is 1.44 bits per heavy atom. The summed E-state index contributed by atoms with van der Waals surface area (Å²) in [6.07, 6.45) is 4.43. The largest absolute Gasteiger partial charge is 0.260 e. The van der Waals surface area contributed by atoms with Crippen LogP contribution in [-0.2, 0) is 0 Å². The molecule has 1 heterocycles. The molecular formula is C5H4ClN3. The summed E-state index contributed by atoms with van der Waals surface area (Å²) in [6.45, 7) is 0. The lowest BCUT2D eigenvalue weighted by molar-refractivity contribution is 1.16. The molecule has 46 valence electrons. The Morgan fingerprint density at radius 3 is 2.56 bits per heavy atom. The van der Waals surface area contributed by atoms with Crippen molar-refractivity contribution in [2.45, 2.75) is 0 Å². The standard InChI is InChI=1S/C5H3N3.ClH/c6-3-5-4-7-1-2-8-5;/h1-2,4H;1H. The smallest absolute Gasteiger partial charge is 0.158 e. The number of nitrogens with zero attached hydrogens (tertiary/aromatic N) is 3. The Hall–Kier alpha value is -1.14. The van der Waals surface area contributed by atoms with Gasteiger partial charge in [-0.15, -0.1) is 12.4 Å². The molecule has 1 rings (SSSR count). The van der Waals surface area contributed by atoms with Crippen molar-refractivity contribution >= 4 is 12.4 Å².